The average Bonchev–Trinajstić information content (AvgIpc) is 2.78. The number of esters is 1. The molecule has 1 amide bonds. The van der Waals surface area contributed by atoms with Crippen molar-refractivity contribution >= 4 is 23.6 Å². The molecule has 0 aliphatic carbocycles. The van der Waals surface area contributed by atoms with Gasteiger partial charge in [-0.2, -0.15) is 0 Å². The molecule has 7 heteroatoms. The van der Waals surface area contributed by atoms with Crippen LogP contribution in [0.3, 0.4) is 0 Å². The highest BCUT2D eigenvalue weighted by Gasteiger charge is 2.12. The number of aromatic nitrogens is 1. The fourth-order valence-electron chi connectivity index (χ4n) is 1.75. The number of thioether (sulfide) groups is 1. The topological polar surface area (TPSA) is 72.6 Å². The molecule has 0 unspecified atom stereocenters. The van der Waals surface area contributed by atoms with E-state index in [0.717, 1.165) is 17.0 Å². The number of hydrogen-bond donors (Lipinski definition) is 0. The smallest absolute Gasteiger partial charge is 0.305 e. The minimum absolute atomic E-state index is 0.0524. The van der Waals surface area contributed by atoms with Gasteiger partial charge < -0.3 is 14.2 Å². The molecule has 21 heavy (non-hydrogen) atoms. The zero-order valence-corrected chi connectivity index (χ0v) is 13.8. The van der Waals surface area contributed by atoms with Gasteiger partial charge in [-0.05, 0) is 20.3 Å². The zero-order chi connectivity index (χ0) is 15.8. The Morgan fingerprint density at radius 2 is 2.10 bits per heavy atom. The summed E-state index contributed by atoms with van der Waals surface area (Å²) in [6, 6.07) is 0. The number of aryl methyl sites for hydroxylation is 2. The second-order valence-corrected chi connectivity index (χ2v) is 5.78. The third-order valence-corrected chi connectivity index (χ3v) is 4.12. The van der Waals surface area contributed by atoms with Crippen LogP contribution in [0.4, 0.5) is 0 Å². The molecule has 0 bridgehead atoms. The van der Waals surface area contributed by atoms with Gasteiger partial charge in [-0.25, -0.2) is 0 Å². The summed E-state index contributed by atoms with van der Waals surface area (Å²) < 4.78 is 9.64. The van der Waals surface area contributed by atoms with E-state index in [0.29, 0.717) is 30.9 Å². The molecule has 0 spiro atoms. The third-order valence-electron chi connectivity index (χ3n) is 3.18. The van der Waals surface area contributed by atoms with Crippen molar-refractivity contribution in [3.63, 3.8) is 0 Å². The number of carbonyl (C=O) groups excluding carboxylic acids is 2. The van der Waals surface area contributed by atoms with Gasteiger partial charge in [0.1, 0.15) is 5.76 Å². The summed E-state index contributed by atoms with van der Waals surface area (Å²) in [7, 11) is 3.11. The molecule has 0 fully saturated rings. The Morgan fingerprint density at radius 1 is 1.38 bits per heavy atom. The number of methoxy groups -OCH3 is 1. The minimum atomic E-state index is -0.247. The van der Waals surface area contributed by atoms with E-state index in [2.05, 4.69) is 9.89 Å². The molecular weight excluding hydrogens is 292 g/mol. The Labute approximate surface area is 129 Å². The number of carbonyl (C=O) groups is 2. The molecule has 1 aromatic rings. The van der Waals surface area contributed by atoms with Gasteiger partial charge in [0.25, 0.3) is 0 Å². The Hall–Kier alpha value is -1.50. The van der Waals surface area contributed by atoms with E-state index in [1.165, 1.54) is 18.9 Å². The monoisotopic (exact) mass is 314 g/mol. The molecule has 0 aliphatic heterocycles. The molecular formula is C14H22N2O4S. The van der Waals surface area contributed by atoms with Crippen molar-refractivity contribution in [1.29, 1.82) is 0 Å². The minimum Gasteiger partial charge on any atom is -0.469 e. The van der Waals surface area contributed by atoms with Crippen LogP contribution in [-0.2, 0) is 20.1 Å². The van der Waals surface area contributed by atoms with Gasteiger partial charge in [-0.3, -0.25) is 9.59 Å². The van der Waals surface area contributed by atoms with E-state index >= 15 is 0 Å². The summed E-state index contributed by atoms with van der Waals surface area (Å²) >= 11 is 1.54. The highest BCUT2D eigenvalue weighted by molar-refractivity contribution is 7.99. The second-order valence-electron chi connectivity index (χ2n) is 4.79. The first kappa shape index (κ1) is 17.6. The van der Waals surface area contributed by atoms with Crippen LogP contribution in [0.2, 0.25) is 0 Å². The Balaban J connectivity index is 2.25. The lowest BCUT2D eigenvalue weighted by Crippen LogP contribution is -2.29. The third kappa shape index (κ3) is 5.79. The van der Waals surface area contributed by atoms with Crippen LogP contribution in [0.25, 0.3) is 0 Å². The molecule has 1 rings (SSSR count). The van der Waals surface area contributed by atoms with Crippen LogP contribution < -0.4 is 0 Å². The molecule has 1 heterocycles. The van der Waals surface area contributed by atoms with E-state index in [1.807, 2.05) is 13.8 Å². The Kier molecular flexibility index (Phi) is 7.28. The fraction of sp³-hybridized carbons (Fsp3) is 0.643. The SMILES string of the molecule is COC(=O)CCCN(C)C(=O)CSCc1c(C)noc1C. The Bertz CT molecular complexity index is 468. The summed E-state index contributed by atoms with van der Waals surface area (Å²) in [5, 5.41) is 3.89. The van der Waals surface area contributed by atoms with Crippen molar-refractivity contribution in [3.05, 3.63) is 17.0 Å². The van der Waals surface area contributed by atoms with Crippen LogP contribution >= 0.6 is 11.8 Å². The van der Waals surface area contributed by atoms with Crippen molar-refractivity contribution in [2.45, 2.75) is 32.4 Å². The molecule has 0 saturated carbocycles. The van der Waals surface area contributed by atoms with Crippen LogP contribution in [0, 0.1) is 13.8 Å². The standard InChI is InChI=1S/C14H22N2O4S/c1-10-12(11(2)20-15-10)8-21-9-13(17)16(3)7-5-6-14(18)19-4/h5-9H2,1-4H3. The maximum absolute atomic E-state index is 11.9. The average molecular weight is 314 g/mol. The van der Waals surface area contributed by atoms with Crippen molar-refractivity contribution in [2.75, 3.05) is 26.5 Å². The second kappa shape index (κ2) is 8.71. The number of ether oxygens (including phenoxy) is 1. The highest BCUT2D eigenvalue weighted by atomic mass is 32.2. The van der Waals surface area contributed by atoms with E-state index in [1.54, 1.807) is 11.9 Å². The van der Waals surface area contributed by atoms with Crippen LogP contribution in [0.5, 0.6) is 0 Å². The largest absolute Gasteiger partial charge is 0.469 e. The summed E-state index contributed by atoms with van der Waals surface area (Å²) in [5.41, 5.74) is 1.93. The number of amides is 1. The molecule has 6 nitrogen and oxygen atoms in total. The van der Waals surface area contributed by atoms with Crippen molar-refractivity contribution < 1.29 is 18.8 Å². The lowest BCUT2D eigenvalue weighted by Gasteiger charge is -2.16. The predicted octanol–water partition coefficient (Wildman–Crippen LogP) is 1.94. The van der Waals surface area contributed by atoms with Gasteiger partial charge in [0, 0.05) is 31.3 Å². The van der Waals surface area contributed by atoms with Gasteiger partial charge in [0.2, 0.25) is 5.91 Å². The van der Waals surface area contributed by atoms with Gasteiger partial charge in [0.05, 0.1) is 18.6 Å². The highest BCUT2D eigenvalue weighted by Crippen LogP contribution is 2.19. The summed E-state index contributed by atoms with van der Waals surface area (Å²) in [6.07, 6.45) is 0.948. The quantitative estimate of drug-likeness (QED) is 0.683. The molecule has 0 aliphatic rings. The van der Waals surface area contributed by atoms with Gasteiger partial charge >= 0.3 is 5.97 Å². The first-order valence-electron chi connectivity index (χ1n) is 6.76. The summed E-state index contributed by atoms with van der Waals surface area (Å²) in [6.45, 7) is 4.32. The molecule has 0 atom stereocenters. The lowest BCUT2D eigenvalue weighted by atomic mass is 10.2. The number of nitrogens with zero attached hydrogens (tertiary/aromatic N) is 2. The van der Waals surface area contributed by atoms with Gasteiger partial charge in [-0.1, -0.05) is 5.16 Å². The maximum atomic E-state index is 11.9. The maximum Gasteiger partial charge on any atom is 0.305 e. The molecule has 0 N–H and O–H groups in total. The van der Waals surface area contributed by atoms with E-state index in [-0.39, 0.29) is 11.9 Å². The first-order valence-corrected chi connectivity index (χ1v) is 7.91. The van der Waals surface area contributed by atoms with Gasteiger partial charge in [0.15, 0.2) is 0 Å². The van der Waals surface area contributed by atoms with E-state index in [4.69, 9.17) is 4.52 Å². The number of rotatable bonds is 8. The van der Waals surface area contributed by atoms with E-state index in [9.17, 15) is 9.59 Å². The fourth-order valence-corrected chi connectivity index (χ4v) is 2.86. The molecule has 0 saturated heterocycles. The van der Waals surface area contributed by atoms with Crippen LogP contribution in [0.15, 0.2) is 4.52 Å². The Morgan fingerprint density at radius 3 is 2.67 bits per heavy atom. The molecule has 0 aromatic carbocycles. The van der Waals surface area contributed by atoms with E-state index < -0.39 is 0 Å². The van der Waals surface area contributed by atoms with Crippen molar-refractivity contribution in [3.8, 4) is 0 Å². The molecule has 1 aromatic heterocycles. The van der Waals surface area contributed by atoms with Crippen LogP contribution in [-0.4, -0.2) is 48.4 Å². The van der Waals surface area contributed by atoms with Crippen LogP contribution in [0.1, 0.15) is 29.9 Å². The molecule has 0 radical (unpaired) electrons. The number of hydrogen-bond acceptors (Lipinski definition) is 6. The normalized spacial score (nSPS) is 10.5. The molecule has 118 valence electrons. The summed E-state index contributed by atoms with van der Waals surface area (Å²) in [4.78, 5) is 24.6. The lowest BCUT2D eigenvalue weighted by molar-refractivity contribution is -0.141. The van der Waals surface area contributed by atoms with Crippen molar-refractivity contribution in [2.24, 2.45) is 0 Å². The summed E-state index contributed by atoms with van der Waals surface area (Å²) in [5.74, 6) is 1.72. The predicted molar refractivity (Wildman–Crippen MR) is 81.0 cm³/mol. The van der Waals surface area contributed by atoms with Crippen molar-refractivity contribution in [1.82, 2.24) is 10.1 Å². The zero-order valence-electron chi connectivity index (χ0n) is 13.0. The van der Waals surface area contributed by atoms with Gasteiger partial charge in [-0.15, -0.1) is 11.8 Å². The first-order chi connectivity index (χ1) is 9.95.